The molecule has 1 aromatic rings. The van der Waals surface area contributed by atoms with Crippen molar-refractivity contribution in [3.63, 3.8) is 0 Å². The van der Waals surface area contributed by atoms with Crippen molar-refractivity contribution in [1.82, 2.24) is 10.3 Å². The summed E-state index contributed by atoms with van der Waals surface area (Å²) in [6.45, 7) is 0. The number of piperidine rings is 1. The van der Waals surface area contributed by atoms with E-state index in [1.807, 2.05) is 12.3 Å². The van der Waals surface area contributed by atoms with Gasteiger partial charge in [-0.2, -0.15) is 0 Å². The predicted octanol–water partition coefficient (Wildman–Crippen LogP) is 3.58. The first-order chi connectivity index (χ1) is 7.33. The van der Waals surface area contributed by atoms with E-state index in [9.17, 15) is 0 Å². The van der Waals surface area contributed by atoms with Crippen LogP contribution in [-0.4, -0.2) is 17.1 Å². The topological polar surface area (TPSA) is 24.9 Å². The minimum Gasteiger partial charge on any atom is -0.311 e. The standard InChI is InChI=1S/C12H15ClN2.2ClH/c13-12-5-4-8(7-14-12)10-6-9-2-1-3-11(10)15-9;;/h4-5,7,9-11,15H,1-3,6H2;2*1H. The molecule has 2 bridgehead atoms. The molecule has 2 saturated heterocycles. The summed E-state index contributed by atoms with van der Waals surface area (Å²) in [5.41, 5.74) is 1.35. The monoisotopic (exact) mass is 294 g/mol. The van der Waals surface area contributed by atoms with E-state index in [2.05, 4.69) is 16.4 Å². The van der Waals surface area contributed by atoms with Gasteiger partial charge in [0.25, 0.3) is 0 Å². The van der Waals surface area contributed by atoms with E-state index in [1.54, 1.807) is 0 Å². The summed E-state index contributed by atoms with van der Waals surface area (Å²) in [5, 5.41) is 4.28. The smallest absolute Gasteiger partial charge is 0.129 e. The van der Waals surface area contributed by atoms with Crippen LogP contribution in [0.25, 0.3) is 0 Å². The highest BCUT2D eigenvalue weighted by Crippen LogP contribution is 2.38. The van der Waals surface area contributed by atoms with Gasteiger partial charge in [-0.15, -0.1) is 24.8 Å². The number of fused-ring (bicyclic) bond motifs is 2. The number of aromatic nitrogens is 1. The van der Waals surface area contributed by atoms with Crippen LogP contribution in [-0.2, 0) is 0 Å². The van der Waals surface area contributed by atoms with Crippen molar-refractivity contribution in [3.05, 3.63) is 29.0 Å². The first kappa shape index (κ1) is 15.0. The van der Waals surface area contributed by atoms with Crippen LogP contribution in [0.4, 0.5) is 0 Å². The van der Waals surface area contributed by atoms with Gasteiger partial charge in [0.05, 0.1) is 0 Å². The van der Waals surface area contributed by atoms with Crippen molar-refractivity contribution in [2.75, 3.05) is 0 Å². The number of hydrogen-bond acceptors (Lipinski definition) is 2. The second kappa shape index (κ2) is 6.24. The van der Waals surface area contributed by atoms with Gasteiger partial charge in [-0.3, -0.25) is 0 Å². The summed E-state index contributed by atoms with van der Waals surface area (Å²) in [6.07, 6.45) is 7.24. The van der Waals surface area contributed by atoms with Crippen molar-refractivity contribution in [3.8, 4) is 0 Å². The minimum absolute atomic E-state index is 0. The number of hydrogen-bond donors (Lipinski definition) is 1. The Kier molecular flexibility index (Phi) is 5.52. The largest absolute Gasteiger partial charge is 0.311 e. The first-order valence-corrected chi connectivity index (χ1v) is 6.08. The molecule has 2 aliphatic rings. The zero-order valence-corrected chi connectivity index (χ0v) is 11.8. The Morgan fingerprint density at radius 2 is 2.06 bits per heavy atom. The van der Waals surface area contributed by atoms with E-state index in [1.165, 1.54) is 31.2 Å². The molecule has 0 amide bonds. The van der Waals surface area contributed by atoms with Crippen LogP contribution < -0.4 is 5.32 Å². The zero-order valence-electron chi connectivity index (χ0n) is 9.43. The molecule has 0 spiro atoms. The summed E-state index contributed by atoms with van der Waals surface area (Å²) in [7, 11) is 0. The molecule has 5 heteroatoms. The van der Waals surface area contributed by atoms with Gasteiger partial charge in [0.2, 0.25) is 0 Å². The maximum Gasteiger partial charge on any atom is 0.129 e. The Balaban J connectivity index is 0.000000722. The maximum atomic E-state index is 5.80. The van der Waals surface area contributed by atoms with E-state index in [0.717, 1.165) is 6.04 Å². The third kappa shape index (κ3) is 3.05. The van der Waals surface area contributed by atoms with Crippen molar-refractivity contribution < 1.29 is 0 Å². The van der Waals surface area contributed by atoms with Gasteiger partial charge in [-0.05, 0) is 30.9 Å². The van der Waals surface area contributed by atoms with Gasteiger partial charge in [-0.25, -0.2) is 4.98 Å². The second-order valence-corrected chi connectivity index (χ2v) is 5.04. The molecule has 0 saturated carbocycles. The minimum atomic E-state index is 0. The van der Waals surface area contributed by atoms with Crippen LogP contribution in [0.1, 0.15) is 37.2 Å². The van der Waals surface area contributed by atoms with E-state index in [4.69, 9.17) is 11.6 Å². The predicted molar refractivity (Wildman–Crippen MR) is 75.7 cm³/mol. The molecule has 96 valence electrons. The number of nitrogens with one attached hydrogen (secondary N) is 1. The molecule has 1 aromatic heterocycles. The summed E-state index contributed by atoms with van der Waals surface area (Å²) < 4.78 is 0. The lowest BCUT2D eigenvalue weighted by Crippen LogP contribution is -2.34. The normalized spacial score (nSPS) is 30.3. The average Bonchev–Trinajstić information content (AvgIpc) is 2.55. The number of pyridine rings is 1. The molecule has 3 rings (SSSR count). The third-order valence-corrected chi connectivity index (χ3v) is 3.94. The lowest BCUT2D eigenvalue weighted by Gasteiger charge is -2.22. The first-order valence-electron chi connectivity index (χ1n) is 5.70. The van der Waals surface area contributed by atoms with Gasteiger partial charge in [-0.1, -0.05) is 24.1 Å². The molecule has 3 atom stereocenters. The lowest BCUT2D eigenvalue weighted by molar-refractivity contribution is 0.397. The molecule has 3 unspecified atom stereocenters. The van der Waals surface area contributed by atoms with Crippen LogP contribution in [0.2, 0.25) is 5.15 Å². The highest BCUT2D eigenvalue weighted by Gasteiger charge is 2.37. The fourth-order valence-electron chi connectivity index (χ4n) is 3.00. The highest BCUT2D eigenvalue weighted by atomic mass is 35.5. The van der Waals surface area contributed by atoms with E-state index < -0.39 is 0 Å². The van der Waals surface area contributed by atoms with Crippen molar-refractivity contribution in [2.24, 2.45) is 0 Å². The molecule has 2 fully saturated rings. The molecule has 2 aliphatic heterocycles. The highest BCUT2D eigenvalue weighted by molar-refractivity contribution is 6.29. The molecule has 0 aromatic carbocycles. The van der Waals surface area contributed by atoms with E-state index >= 15 is 0 Å². The Morgan fingerprint density at radius 3 is 2.71 bits per heavy atom. The van der Waals surface area contributed by atoms with Crippen LogP contribution in [0.5, 0.6) is 0 Å². The lowest BCUT2D eigenvalue weighted by atomic mass is 9.92. The average molecular weight is 296 g/mol. The quantitative estimate of drug-likeness (QED) is 0.801. The summed E-state index contributed by atoms with van der Waals surface area (Å²) in [5.74, 6) is 0.655. The molecule has 2 nitrogen and oxygen atoms in total. The Labute approximate surface area is 119 Å². The molecule has 0 radical (unpaired) electrons. The SMILES string of the molecule is Cl.Cl.Clc1ccc(C2CC3CCCC2N3)cn1. The molecule has 1 N–H and O–H groups in total. The number of halogens is 3. The molecule has 3 heterocycles. The second-order valence-electron chi connectivity index (χ2n) is 4.66. The molecule has 0 aliphatic carbocycles. The fourth-order valence-corrected chi connectivity index (χ4v) is 3.11. The van der Waals surface area contributed by atoms with Crippen LogP contribution >= 0.6 is 36.4 Å². The fraction of sp³-hybridized carbons (Fsp3) is 0.583. The zero-order chi connectivity index (χ0) is 10.3. The van der Waals surface area contributed by atoms with E-state index in [0.29, 0.717) is 17.1 Å². The molecule has 17 heavy (non-hydrogen) atoms. The number of rotatable bonds is 1. The van der Waals surface area contributed by atoms with E-state index in [-0.39, 0.29) is 24.8 Å². The molecular weight excluding hydrogens is 279 g/mol. The van der Waals surface area contributed by atoms with Crippen molar-refractivity contribution in [2.45, 2.75) is 43.7 Å². The van der Waals surface area contributed by atoms with Gasteiger partial charge in [0, 0.05) is 24.2 Å². The Morgan fingerprint density at radius 1 is 1.24 bits per heavy atom. The Hall–Kier alpha value is -0.0200. The van der Waals surface area contributed by atoms with Crippen LogP contribution in [0.3, 0.4) is 0 Å². The van der Waals surface area contributed by atoms with Crippen LogP contribution in [0.15, 0.2) is 18.3 Å². The third-order valence-electron chi connectivity index (χ3n) is 3.72. The van der Waals surface area contributed by atoms with Crippen LogP contribution in [0, 0.1) is 0 Å². The van der Waals surface area contributed by atoms with Crippen molar-refractivity contribution in [1.29, 1.82) is 0 Å². The summed E-state index contributed by atoms with van der Waals surface area (Å²) >= 11 is 5.80. The van der Waals surface area contributed by atoms with Gasteiger partial charge in [0.1, 0.15) is 5.15 Å². The maximum absolute atomic E-state index is 5.80. The molecular formula is C12H17Cl3N2. The summed E-state index contributed by atoms with van der Waals surface area (Å²) in [4.78, 5) is 4.18. The van der Waals surface area contributed by atoms with Gasteiger partial charge in [0.15, 0.2) is 0 Å². The van der Waals surface area contributed by atoms with Gasteiger partial charge >= 0.3 is 0 Å². The van der Waals surface area contributed by atoms with Gasteiger partial charge < -0.3 is 5.32 Å². The van der Waals surface area contributed by atoms with Crippen molar-refractivity contribution >= 4 is 36.4 Å². The number of nitrogens with zero attached hydrogens (tertiary/aromatic N) is 1. The Bertz CT molecular complexity index is 355. The summed E-state index contributed by atoms with van der Waals surface area (Å²) in [6, 6.07) is 5.44.